The Morgan fingerprint density at radius 1 is 0.821 bits per heavy atom. The van der Waals surface area contributed by atoms with Crippen molar-refractivity contribution in [2.24, 2.45) is 0 Å². The first-order chi connectivity index (χ1) is 19.0. The first kappa shape index (κ1) is 27.2. The molecule has 0 fully saturated rings. The van der Waals surface area contributed by atoms with Crippen molar-refractivity contribution in [3.05, 3.63) is 120 Å². The number of carbonyl (C=O) groups is 3. The van der Waals surface area contributed by atoms with Gasteiger partial charge < -0.3 is 20.7 Å². The molecule has 3 N–H and O–H groups in total. The Kier molecular flexibility index (Phi) is 9.47. The van der Waals surface area contributed by atoms with Crippen molar-refractivity contribution in [1.29, 1.82) is 0 Å². The van der Waals surface area contributed by atoms with Gasteiger partial charge in [-0.1, -0.05) is 36.4 Å². The van der Waals surface area contributed by atoms with E-state index in [0.717, 1.165) is 4.90 Å². The van der Waals surface area contributed by atoms with Gasteiger partial charge in [-0.2, -0.15) is 0 Å². The van der Waals surface area contributed by atoms with E-state index < -0.39 is 11.8 Å². The lowest BCUT2D eigenvalue weighted by atomic mass is 10.1. The summed E-state index contributed by atoms with van der Waals surface area (Å²) in [5.74, 6) is -0.258. The fourth-order valence-corrected chi connectivity index (χ4v) is 4.20. The van der Waals surface area contributed by atoms with E-state index in [2.05, 4.69) is 20.9 Å². The summed E-state index contributed by atoms with van der Waals surface area (Å²) in [6, 6.07) is 26.4. The molecule has 39 heavy (non-hydrogen) atoms. The van der Waals surface area contributed by atoms with Gasteiger partial charge in [0.15, 0.2) is 0 Å². The summed E-state index contributed by atoms with van der Waals surface area (Å²) >= 11 is 1.37. The number of rotatable bonds is 10. The number of para-hydroxylation sites is 1. The quantitative estimate of drug-likeness (QED) is 0.188. The highest BCUT2D eigenvalue weighted by atomic mass is 32.2. The van der Waals surface area contributed by atoms with Crippen molar-refractivity contribution >= 4 is 46.9 Å². The molecule has 0 aliphatic carbocycles. The molecule has 0 radical (unpaired) electrons. The number of pyridine rings is 1. The molecule has 0 spiro atoms. The second kappa shape index (κ2) is 13.6. The van der Waals surface area contributed by atoms with Gasteiger partial charge in [0.05, 0.1) is 12.9 Å². The third-order valence-corrected chi connectivity index (χ3v) is 6.43. The summed E-state index contributed by atoms with van der Waals surface area (Å²) in [4.78, 5) is 43.1. The van der Waals surface area contributed by atoms with Crippen LogP contribution in [0.25, 0.3) is 6.08 Å². The monoisotopic (exact) mass is 538 g/mol. The van der Waals surface area contributed by atoms with E-state index in [4.69, 9.17) is 4.74 Å². The lowest BCUT2D eigenvalue weighted by molar-refractivity contribution is -0.114. The number of methoxy groups -OCH3 is 1. The third kappa shape index (κ3) is 8.05. The van der Waals surface area contributed by atoms with Gasteiger partial charge in [-0.25, -0.2) is 0 Å². The van der Waals surface area contributed by atoms with Crippen molar-refractivity contribution in [1.82, 2.24) is 10.3 Å². The van der Waals surface area contributed by atoms with Crippen molar-refractivity contribution in [2.45, 2.75) is 4.90 Å². The Bertz CT molecular complexity index is 1460. The molecule has 0 saturated heterocycles. The zero-order chi connectivity index (χ0) is 27.5. The zero-order valence-corrected chi connectivity index (χ0v) is 21.9. The van der Waals surface area contributed by atoms with Gasteiger partial charge in [-0.05, 0) is 60.7 Å². The molecule has 0 aliphatic rings. The van der Waals surface area contributed by atoms with E-state index in [1.807, 2.05) is 30.3 Å². The van der Waals surface area contributed by atoms with Crippen LogP contribution < -0.4 is 20.7 Å². The number of hydrogen-bond acceptors (Lipinski definition) is 6. The number of nitrogens with zero attached hydrogens (tertiary/aromatic N) is 1. The molecule has 4 rings (SSSR count). The van der Waals surface area contributed by atoms with Crippen LogP contribution in [0, 0.1) is 0 Å². The number of hydrogen-bond donors (Lipinski definition) is 3. The molecular formula is C30H26N4O4S. The number of ether oxygens (including phenoxy) is 1. The average Bonchev–Trinajstić information content (AvgIpc) is 2.97. The second-order valence-electron chi connectivity index (χ2n) is 8.17. The molecule has 3 aromatic carbocycles. The van der Waals surface area contributed by atoms with Crippen LogP contribution in [-0.4, -0.2) is 35.6 Å². The maximum absolute atomic E-state index is 13.3. The summed E-state index contributed by atoms with van der Waals surface area (Å²) in [7, 11) is 1.54. The van der Waals surface area contributed by atoms with Crippen molar-refractivity contribution in [3.63, 3.8) is 0 Å². The summed E-state index contributed by atoms with van der Waals surface area (Å²) in [5, 5.41) is 8.35. The molecule has 0 atom stereocenters. The molecule has 4 aromatic rings. The van der Waals surface area contributed by atoms with Gasteiger partial charge in [-0.3, -0.25) is 19.4 Å². The number of benzene rings is 3. The predicted octanol–water partition coefficient (Wildman–Crippen LogP) is 5.23. The molecule has 0 saturated carbocycles. The maximum Gasteiger partial charge on any atom is 0.272 e. The van der Waals surface area contributed by atoms with Crippen LogP contribution in [0.5, 0.6) is 5.75 Å². The van der Waals surface area contributed by atoms with E-state index in [1.165, 1.54) is 18.9 Å². The van der Waals surface area contributed by atoms with Crippen LogP contribution in [0.15, 0.2) is 114 Å². The van der Waals surface area contributed by atoms with E-state index >= 15 is 0 Å². The van der Waals surface area contributed by atoms with Gasteiger partial charge >= 0.3 is 0 Å². The van der Waals surface area contributed by atoms with E-state index in [0.29, 0.717) is 28.3 Å². The summed E-state index contributed by atoms with van der Waals surface area (Å²) in [5.41, 5.74) is 2.33. The highest BCUT2D eigenvalue weighted by Gasteiger charge is 2.16. The third-order valence-electron chi connectivity index (χ3n) is 5.41. The number of thioether (sulfide) groups is 1. The number of carbonyl (C=O) groups excluding carboxylic acids is 3. The van der Waals surface area contributed by atoms with E-state index in [1.54, 1.807) is 79.1 Å². The standard InChI is InChI=1S/C30H26N4O4S/c1-38-27-10-6-5-9-22(27)19-26(34-29(36)21-7-3-2-4-8-21)30(37)33-23-11-13-25(14-12-23)39-20-28(35)32-24-15-17-31-18-16-24/h2-19H,20H2,1H3,(H,33,37)(H,34,36)(H,31,32,35)/b26-19-. The minimum Gasteiger partial charge on any atom is -0.496 e. The smallest absolute Gasteiger partial charge is 0.272 e. The predicted molar refractivity (Wildman–Crippen MR) is 154 cm³/mol. The largest absolute Gasteiger partial charge is 0.496 e. The first-order valence-corrected chi connectivity index (χ1v) is 13.0. The number of aromatic nitrogens is 1. The Labute approximate surface area is 230 Å². The zero-order valence-electron chi connectivity index (χ0n) is 21.1. The van der Waals surface area contributed by atoms with Crippen LogP contribution in [0.3, 0.4) is 0 Å². The van der Waals surface area contributed by atoms with Crippen LogP contribution in [0.2, 0.25) is 0 Å². The Morgan fingerprint density at radius 2 is 1.49 bits per heavy atom. The Hall–Kier alpha value is -4.89. The Balaban J connectivity index is 1.44. The normalized spacial score (nSPS) is 10.8. The van der Waals surface area contributed by atoms with Crippen molar-refractivity contribution in [3.8, 4) is 5.75 Å². The molecule has 0 bridgehead atoms. The summed E-state index contributed by atoms with van der Waals surface area (Å²) in [6.45, 7) is 0. The van der Waals surface area contributed by atoms with Crippen molar-refractivity contribution in [2.75, 3.05) is 23.5 Å². The van der Waals surface area contributed by atoms with E-state index in [-0.39, 0.29) is 17.4 Å². The van der Waals surface area contributed by atoms with Crippen molar-refractivity contribution < 1.29 is 19.1 Å². The van der Waals surface area contributed by atoms with Crippen LogP contribution in [0.4, 0.5) is 11.4 Å². The average molecular weight is 539 g/mol. The van der Waals surface area contributed by atoms with Gasteiger partial charge in [0, 0.05) is 39.8 Å². The molecule has 0 unspecified atom stereocenters. The summed E-state index contributed by atoms with van der Waals surface area (Å²) < 4.78 is 5.40. The topological polar surface area (TPSA) is 109 Å². The lowest BCUT2D eigenvalue weighted by Gasteiger charge is -2.13. The van der Waals surface area contributed by atoms with Crippen LogP contribution in [-0.2, 0) is 9.59 Å². The molecule has 1 aromatic heterocycles. The fourth-order valence-electron chi connectivity index (χ4n) is 3.50. The van der Waals surface area contributed by atoms with Gasteiger partial charge in [0.2, 0.25) is 5.91 Å². The SMILES string of the molecule is COc1ccccc1/C=C(\NC(=O)c1ccccc1)C(=O)Nc1ccc(SCC(=O)Nc2ccncc2)cc1. The minimum absolute atomic E-state index is 0.0552. The molecule has 3 amide bonds. The number of amides is 3. The molecular weight excluding hydrogens is 512 g/mol. The molecule has 9 heteroatoms. The summed E-state index contributed by atoms with van der Waals surface area (Å²) in [6.07, 6.45) is 4.79. The van der Waals surface area contributed by atoms with Gasteiger partial charge in [0.25, 0.3) is 11.8 Å². The highest BCUT2D eigenvalue weighted by molar-refractivity contribution is 8.00. The molecule has 8 nitrogen and oxygen atoms in total. The highest BCUT2D eigenvalue weighted by Crippen LogP contribution is 2.23. The molecule has 0 aliphatic heterocycles. The number of nitrogens with one attached hydrogen (secondary N) is 3. The van der Waals surface area contributed by atoms with Crippen LogP contribution >= 0.6 is 11.8 Å². The maximum atomic E-state index is 13.3. The van der Waals surface area contributed by atoms with E-state index in [9.17, 15) is 14.4 Å². The fraction of sp³-hybridized carbons (Fsp3) is 0.0667. The number of anilines is 2. The van der Waals surface area contributed by atoms with Gasteiger partial charge in [-0.15, -0.1) is 11.8 Å². The Morgan fingerprint density at radius 3 is 2.21 bits per heavy atom. The minimum atomic E-state index is -0.498. The van der Waals surface area contributed by atoms with Gasteiger partial charge in [0.1, 0.15) is 11.4 Å². The first-order valence-electron chi connectivity index (χ1n) is 12.0. The molecule has 196 valence electrons. The van der Waals surface area contributed by atoms with Crippen LogP contribution in [0.1, 0.15) is 15.9 Å². The molecule has 1 heterocycles. The lowest BCUT2D eigenvalue weighted by Crippen LogP contribution is -2.30. The second-order valence-corrected chi connectivity index (χ2v) is 9.22.